The van der Waals surface area contributed by atoms with Crippen LogP contribution in [0.15, 0.2) is 30.3 Å². The highest BCUT2D eigenvalue weighted by Gasteiger charge is 2.72. The van der Waals surface area contributed by atoms with Gasteiger partial charge in [-0.1, -0.05) is 30.3 Å². The largest absolute Gasteiger partial charge is 0.445 e. The van der Waals surface area contributed by atoms with Crippen molar-refractivity contribution >= 4 is 12.2 Å². The first-order valence-corrected chi connectivity index (χ1v) is 8.88. The molecule has 0 N–H and O–H groups in total. The third-order valence-corrected chi connectivity index (χ3v) is 4.88. The first-order chi connectivity index (χ1) is 12.5. The Labute approximate surface area is 157 Å². The number of nitrogens with zero attached hydrogens (tertiary/aromatic N) is 2. The van der Waals surface area contributed by atoms with E-state index in [1.165, 1.54) is 4.90 Å². The van der Waals surface area contributed by atoms with Gasteiger partial charge in [0, 0.05) is 6.54 Å². The first-order valence-electron chi connectivity index (χ1n) is 8.88. The van der Waals surface area contributed by atoms with Gasteiger partial charge in [0.2, 0.25) is 0 Å². The zero-order valence-electron chi connectivity index (χ0n) is 15.7. The van der Waals surface area contributed by atoms with Crippen LogP contribution in [0, 0.1) is 0 Å². The molecular formula is C19H24F2N2O4. The van der Waals surface area contributed by atoms with Gasteiger partial charge in [-0.25, -0.2) is 18.4 Å². The molecule has 2 aliphatic heterocycles. The van der Waals surface area contributed by atoms with Gasteiger partial charge in [-0.05, 0) is 32.8 Å². The van der Waals surface area contributed by atoms with E-state index < -0.39 is 35.8 Å². The van der Waals surface area contributed by atoms with Crippen LogP contribution in [0.25, 0.3) is 0 Å². The van der Waals surface area contributed by atoms with E-state index >= 15 is 0 Å². The Hall–Kier alpha value is -2.38. The molecule has 0 aromatic heterocycles. The Kier molecular flexibility index (Phi) is 4.78. The number of likely N-dealkylation sites (tertiary alicyclic amines) is 2. The normalized spacial score (nSPS) is 23.9. The van der Waals surface area contributed by atoms with Crippen LogP contribution in [0.1, 0.15) is 32.8 Å². The zero-order valence-corrected chi connectivity index (χ0v) is 15.7. The molecule has 0 radical (unpaired) electrons. The fourth-order valence-corrected chi connectivity index (χ4v) is 3.43. The summed E-state index contributed by atoms with van der Waals surface area (Å²) in [5, 5.41) is 0. The maximum Gasteiger partial charge on any atom is 0.411 e. The lowest BCUT2D eigenvalue weighted by atomic mass is 9.80. The quantitative estimate of drug-likeness (QED) is 0.783. The molecule has 8 heteroatoms. The third kappa shape index (κ3) is 3.70. The number of alkyl halides is 2. The molecule has 1 atom stereocenters. The Bertz CT molecular complexity index is 720. The smallest absolute Gasteiger partial charge is 0.411 e. The predicted molar refractivity (Wildman–Crippen MR) is 93.4 cm³/mol. The lowest BCUT2D eigenvalue weighted by Crippen LogP contribution is -2.77. The van der Waals surface area contributed by atoms with Crippen molar-refractivity contribution in [2.75, 3.05) is 19.6 Å². The molecule has 2 saturated heterocycles. The second kappa shape index (κ2) is 6.65. The lowest BCUT2D eigenvalue weighted by Gasteiger charge is -2.54. The highest BCUT2D eigenvalue weighted by molar-refractivity contribution is 5.73. The summed E-state index contributed by atoms with van der Waals surface area (Å²) in [5.41, 5.74) is -1.67. The number of rotatable bonds is 2. The van der Waals surface area contributed by atoms with Crippen molar-refractivity contribution in [1.82, 2.24) is 9.80 Å². The minimum atomic E-state index is -3.07. The highest BCUT2D eigenvalue weighted by atomic mass is 19.3. The molecular weight excluding hydrogens is 358 g/mol. The highest BCUT2D eigenvalue weighted by Crippen LogP contribution is 2.50. The number of ether oxygens (including phenoxy) is 2. The zero-order chi connectivity index (χ0) is 19.9. The van der Waals surface area contributed by atoms with Gasteiger partial charge in [-0.3, -0.25) is 4.90 Å². The Balaban J connectivity index is 1.66. The van der Waals surface area contributed by atoms with Crippen molar-refractivity contribution in [3.63, 3.8) is 0 Å². The molecule has 3 rings (SSSR count). The monoisotopic (exact) mass is 382 g/mol. The topological polar surface area (TPSA) is 59.1 Å². The van der Waals surface area contributed by atoms with Crippen molar-refractivity contribution in [2.24, 2.45) is 0 Å². The van der Waals surface area contributed by atoms with Gasteiger partial charge >= 0.3 is 12.2 Å². The van der Waals surface area contributed by atoms with E-state index in [1.807, 2.05) is 6.07 Å². The van der Waals surface area contributed by atoms with Gasteiger partial charge in [-0.15, -0.1) is 0 Å². The molecule has 2 aliphatic rings. The number of amides is 2. The van der Waals surface area contributed by atoms with Gasteiger partial charge in [-0.2, -0.15) is 0 Å². The van der Waals surface area contributed by atoms with Crippen LogP contribution in [-0.2, 0) is 16.1 Å². The van der Waals surface area contributed by atoms with Gasteiger partial charge in [0.25, 0.3) is 5.92 Å². The summed E-state index contributed by atoms with van der Waals surface area (Å²) < 4.78 is 39.3. The number of carbonyl (C=O) groups excluding carboxylic acids is 2. The second-order valence-electron chi connectivity index (χ2n) is 8.01. The van der Waals surface area contributed by atoms with Gasteiger partial charge < -0.3 is 14.4 Å². The van der Waals surface area contributed by atoms with Gasteiger partial charge in [0.1, 0.15) is 17.7 Å². The average Bonchev–Trinajstić information content (AvgIpc) is 3.06. The molecule has 1 aromatic carbocycles. The summed E-state index contributed by atoms with van der Waals surface area (Å²) in [5.74, 6) is -3.07. The summed E-state index contributed by atoms with van der Waals surface area (Å²) in [4.78, 5) is 26.9. The molecule has 6 nitrogen and oxygen atoms in total. The van der Waals surface area contributed by atoms with E-state index in [1.54, 1.807) is 45.0 Å². The van der Waals surface area contributed by atoms with Gasteiger partial charge in [0.15, 0.2) is 0 Å². The van der Waals surface area contributed by atoms with Crippen LogP contribution in [0.3, 0.4) is 0 Å². The van der Waals surface area contributed by atoms with Crippen LogP contribution in [0.2, 0.25) is 0 Å². The fraction of sp³-hybridized carbons (Fsp3) is 0.579. The van der Waals surface area contributed by atoms with Crippen molar-refractivity contribution in [2.45, 2.75) is 50.9 Å². The molecule has 0 bridgehead atoms. The number of halogens is 2. The lowest BCUT2D eigenvalue weighted by molar-refractivity contribution is -0.224. The Morgan fingerprint density at radius 1 is 1.11 bits per heavy atom. The average molecular weight is 382 g/mol. The molecule has 27 heavy (non-hydrogen) atoms. The van der Waals surface area contributed by atoms with E-state index in [0.717, 1.165) is 10.5 Å². The number of hydrogen-bond acceptors (Lipinski definition) is 4. The van der Waals surface area contributed by atoms with E-state index in [-0.39, 0.29) is 26.1 Å². The third-order valence-electron chi connectivity index (χ3n) is 4.88. The molecule has 148 valence electrons. The van der Waals surface area contributed by atoms with E-state index in [9.17, 15) is 18.4 Å². The van der Waals surface area contributed by atoms with E-state index in [0.29, 0.717) is 0 Å². The minimum Gasteiger partial charge on any atom is -0.445 e. The van der Waals surface area contributed by atoms with Crippen LogP contribution < -0.4 is 0 Å². The summed E-state index contributed by atoms with van der Waals surface area (Å²) >= 11 is 0. The molecule has 2 heterocycles. The summed E-state index contributed by atoms with van der Waals surface area (Å²) in [6.07, 6.45) is -1.46. The van der Waals surface area contributed by atoms with Crippen molar-refractivity contribution in [1.29, 1.82) is 0 Å². The second-order valence-corrected chi connectivity index (χ2v) is 8.01. The SMILES string of the molecule is CC(C)(C)OC(=O)N1CCC2(C1)N(C(=O)OCc1ccccc1)CC2(F)F. The van der Waals surface area contributed by atoms with E-state index in [2.05, 4.69) is 0 Å². The number of hydrogen-bond donors (Lipinski definition) is 0. The summed E-state index contributed by atoms with van der Waals surface area (Å²) in [6.45, 7) is 4.27. The van der Waals surface area contributed by atoms with Crippen molar-refractivity contribution in [3.8, 4) is 0 Å². The molecule has 0 saturated carbocycles. The minimum absolute atomic E-state index is 0.00754. The summed E-state index contributed by atoms with van der Waals surface area (Å²) in [6, 6.07) is 9.01. The Morgan fingerprint density at radius 2 is 1.78 bits per heavy atom. The molecule has 1 unspecified atom stereocenters. The summed E-state index contributed by atoms with van der Waals surface area (Å²) in [7, 11) is 0. The van der Waals surface area contributed by atoms with E-state index in [4.69, 9.17) is 9.47 Å². The van der Waals surface area contributed by atoms with Crippen LogP contribution in [0.4, 0.5) is 18.4 Å². The first kappa shape index (κ1) is 19.4. The van der Waals surface area contributed by atoms with Crippen molar-refractivity contribution in [3.05, 3.63) is 35.9 Å². The van der Waals surface area contributed by atoms with Crippen LogP contribution >= 0.6 is 0 Å². The van der Waals surface area contributed by atoms with Crippen molar-refractivity contribution < 1.29 is 27.8 Å². The number of benzene rings is 1. The maximum atomic E-state index is 14.4. The fourth-order valence-electron chi connectivity index (χ4n) is 3.43. The number of carbonyl (C=O) groups is 2. The predicted octanol–water partition coefficient (Wildman–Crippen LogP) is 3.65. The molecule has 1 aromatic rings. The molecule has 2 amide bonds. The standard InChI is InChI=1S/C19H24F2N2O4/c1-17(2,3)27-15(24)22-10-9-18(12-22)19(20,21)13-23(18)16(25)26-11-14-7-5-4-6-8-14/h4-8H,9-13H2,1-3H3. The van der Waals surface area contributed by atoms with Crippen LogP contribution in [-0.4, -0.2) is 58.7 Å². The maximum absolute atomic E-state index is 14.4. The molecule has 0 aliphatic carbocycles. The molecule has 2 fully saturated rings. The van der Waals surface area contributed by atoms with Crippen LogP contribution in [0.5, 0.6) is 0 Å². The Morgan fingerprint density at radius 3 is 2.37 bits per heavy atom. The molecule has 1 spiro atoms. The van der Waals surface area contributed by atoms with Gasteiger partial charge in [0.05, 0.1) is 13.1 Å².